The number of hydrogen-bond acceptors (Lipinski definition) is 3. The lowest BCUT2D eigenvalue weighted by molar-refractivity contribution is 0.659. The zero-order valence-corrected chi connectivity index (χ0v) is 17.7. The van der Waals surface area contributed by atoms with Crippen molar-refractivity contribution in [2.75, 3.05) is 0 Å². The fourth-order valence-electron chi connectivity index (χ4n) is 4.51. The minimum Gasteiger partial charge on any atom is -0.245 e. The van der Waals surface area contributed by atoms with Crippen molar-refractivity contribution in [3.63, 3.8) is 0 Å². The first-order valence-corrected chi connectivity index (χ1v) is 11.0. The number of pyridine rings is 1. The summed E-state index contributed by atoms with van der Waals surface area (Å²) in [7, 11) is 0. The Morgan fingerprint density at radius 3 is 2.37 bits per heavy atom. The molecule has 144 valence electrons. The van der Waals surface area contributed by atoms with Crippen molar-refractivity contribution in [3.8, 4) is 33.1 Å². The molecule has 0 saturated carbocycles. The van der Waals surface area contributed by atoms with Gasteiger partial charge >= 0.3 is 0 Å². The summed E-state index contributed by atoms with van der Waals surface area (Å²) < 4.78 is 1.19. The Hall–Kier alpha value is -3.30. The van der Waals surface area contributed by atoms with Gasteiger partial charge in [-0.25, -0.2) is 9.97 Å². The van der Waals surface area contributed by atoms with E-state index in [0.717, 1.165) is 21.9 Å². The molecular weight excluding hydrogens is 384 g/mol. The smallest absolute Gasteiger partial charge is 0.143 e. The van der Waals surface area contributed by atoms with Crippen LogP contribution in [0.4, 0.5) is 0 Å². The first-order valence-electron chi connectivity index (χ1n) is 10.2. The Labute approximate surface area is 179 Å². The van der Waals surface area contributed by atoms with Crippen LogP contribution in [0.25, 0.3) is 43.3 Å². The highest BCUT2D eigenvalue weighted by Gasteiger charge is 2.36. The van der Waals surface area contributed by atoms with E-state index >= 15 is 0 Å². The molecule has 2 heterocycles. The molecule has 0 saturated heterocycles. The maximum atomic E-state index is 5.08. The predicted molar refractivity (Wildman–Crippen MR) is 126 cm³/mol. The Balaban J connectivity index is 1.47. The summed E-state index contributed by atoms with van der Waals surface area (Å²) in [5, 5.41) is 0.972. The van der Waals surface area contributed by atoms with E-state index in [9.17, 15) is 0 Å². The van der Waals surface area contributed by atoms with Crippen LogP contribution in [0.15, 0.2) is 84.9 Å². The lowest BCUT2D eigenvalue weighted by Crippen LogP contribution is -2.14. The fourth-order valence-corrected chi connectivity index (χ4v) is 5.49. The van der Waals surface area contributed by atoms with Gasteiger partial charge in [-0.2, -0.15) is 0 Å². The summed E-state index contributed by atoms with van der Waals surface area (Å²) in [5.41, 5.74) is 9.38. The second kappa shape index (κ2) is 6.35. The van der Waals surface area contributed by atoms with E-state index in [1.807, 2.05) is 6.07 Å². The summed E-state index contributed by atoms with van der Waals surface area (Å²) in [6.07, 6.45) is 0. The van der Waals surface area contributed by atoms with Crippen LogP contribution in [0.3, 0.4) is 0 Å². The number of nitrogens with zero attached hydrogens (tertiary/aromatic N) is 2. The maximum absolute atomic E-state index is 5.08. The van der Waals surface area contributed by atoms with Crippen LogP contribution in [0.1, 0.15) is 25.0 Å². The van der Waals surface area contributed by atoms with Crippen LogP contribution < -0.4 is 0 Å². The number of benzene rings is 3. The molecule has 0 spiro atoms. The Bertz CT molecular complexity index is 1410. The number of hydrogen-bond donors (Lipinski definition) is 0. The molecule has 1 aliphatic carbocycles. The van der Waals surface area contributed by atoms with Crippen LogP contribution in [-0.4, -0.2) is 9.97 Å². The Morgan fingerprint density at radius 2 is 1.50 bits per heavy atom. The minimum atomic E-state index is -0.0182. The molecule has 5 aromatic rings. The third-order valence-electron chi connectivity index (χ3n) is 6.14. The summed E-state index contributed by atoms with van der Waals surface area (Å²) in [6.45, 7) is 4.56. The van der Waals surface area contributed by atoms with Gasteiger partial charge in [0.25, 0.3) is 0 Å². The molecule has 0 aliphatic heterocycles. The van der Waals surface area contributed by atoms with Crippen molar-refractivity contribution in [1.82, 2.24) is 9.97 Å². The number of thiazole rings is 1. The van der Waals surface area contributed by atoms with Crippen LogP contribution in [0.5, 0.6) is 0 Å². The topological polar surface area (TPSA) is 25.8 Å². The van der Waals surface area contributed by atoms with E-state index in [2.05, 4.69) is 92.7 Å². The van der Waals surface area contributed by atoms with E-state index in [-0.39, 0.29) is 5.41 Å². The monoisotopic (exact) mass is 404 g/mol. The van der Waals surface area contributed by atoms with Crippen molar-refractivity contribution in [2.24, 2.45) is 0 Å². The number of rotatable bonds is 2. The molecule has 0 N–H and O–H groups in total. The van der Waals surface area contributed by atoms with Gasteiger partial charge in [0.1, 0.15) is 5.01 Å². The second-order valence-corrected chi connectivity index (χ2v) is 9.36. The molecule has 0 atom stereocenters. The average Bonchev–Trinajstić information content (AvgIpc) is 3.31. The highest BCUT2D eigenvalue weighted by Crippen LogP contribution is 2.48. The van der Waals surface area contributed by atoms with Crippen molar-refractivity contribution in [3.05, 3.63) is 96.1 Å². The van der Waals surface area contributed by atoms with Gasteiger partial charge in [0.2, 0.25) is 0 Å². The second-order valence-electron chi connectivity index (χ2n) is 8.33. The van der Waals surface area contributed by atoms with Crippen LogP contribution in [0.2, 0.25) is 0 Å². The normalized spacial score (nSPS) is 13.9. The molecule has 6 rings (SSSR count). The van der Waals surface area contributed by atoms with E-state index in [0.29, 0.717) is 0 Å². The first-order chi connectivity index (χ1) is 14.6. The van der Waals surface area contributed by atoms with Gasteiger partial charge < -0.3 is 0 Å². The minimum absolute atomic E-state index is 0.0182. The molecule has 0 fully saturated rings. The SMILES string of the molecule is CC1(C)c2ccccc2-c2nc(-c3nc4ccc(-c5ccccc5)cc4s3)ccc21. The number of aromatic nitrogens is 2. The third kappa shape index (κ3) is 2.55. The van der Waals surface area contributed by atoms with Gasteiger partial charge in [0, 0.05) is 11.0 Å². The lowest BCUT2D eigenvalue weighted by Gasteiger charge is -2.20. The molecule has 30 heavy (non-hydrogen) atoms. The average molecular weight is 405 g/mol. The van der Waals surface area contributed by atoms with Crippen molar-refractivity contribution >= 4 is 21.6 Å². The lowest BCUT2D eigenvalue weighted by atomic mass is 9.83. The van der Waals surface area contributed by atoms with Crippen LogP contribution in [0, 0.1) is 0 Å². The first kappa shape index (κ1) is 17.5. The Kier molecular flexibility index (Phi) is 3.71. The predicted octanol–water partition coefficient (Wildman–Crippen LogP) is 7.33. The van der Waals surface area contributed by atoms with Gasteiger partial charge in [-0.15, -0.1) is 11.3 Å². The van der Waals surface area contributed by atoms with E-state index in [1.54, 1.807) is 11.3 Å². The van der Waals surface area contributed by atoms with Crippen molar-refractivity contribution in [2.45, 2.75) is 19.3 Å². The highest BCUT2D eigenvalue weighted by atomic mass is 32.1. The van der Waals surface area contributed by atoms with Crippen LogP contribution >= 0.6 is 11.3 Å². The van der Waals surface area contributed by atoms with Gasteiger partial charge in [0.15, 0.2) is 0 Å². The molecule has 0 bridgehead atoms. The zero-order valence-electron chi connectivity index (χ0n) is 16.9. The number of fused-ring (bicyclic) bond motifs is 4. The van der Waals surface area contributed by atoms with E-state index in [1.165, 1.54) is 32.5 Å². The summed E-state index contributed by atoms with van der Waals surface area (Å²) in [5.74, 6) is 0. The molecule has 0 unspecified atom stereocenters. The third-order valence-corrected chi connectivity index (χ3v) is 7.18. The molecule has 2 nitrogen and oxygen atoms in total. The summed E-state index contributed by atoms with van der Waals surface area (Å²) >= 11 is 1.71. The Morgan fingerprint density at radius 1 is 0.700 bits per heavy atom. The largest absolute Gasteiger partial charge is 0.245 e. The van der Waals surface area contributed by atoms with Crippen LogP contribution in [-0.2, 0) is 5.41 Å². The molecule has 2 aromatic heterocycles. The fraction of sp³-hybridized carbons (Fsp3) is 0.111. The van der Waals surface area contributed by atoms with Gasteiger partial charge in [-0.1, -0.05) is 80.6 Å². The standard InChI is InChI=1S/C27H20N2S/c1-27(2)20-11-7-6-10-19(20)25-21(27)13-15-23(28-25)26-29-22-14-12-18(16-24(22)30-26)17-8-4-3-5-9-17/h3-16H,1-2H3. The van der Waals surface area contributed by atoms with Crippen molar-refractivity contribution in [1.29, 1.82) is 0 Å². The van der Waals surface area contributed by atoms with Gasteiger partial charge in [-0.05, 0) is 40.5 Å². The quantitative estimate of drug-likeness (QED) is 0.308. The van der Waals surface area contributed by atoms with Gasteiger partial charge in [-0.3, -0.25) is 0 Å². The van der Waals surface area contributed by atoms with Crippen molar-refractivity contribution < 1.29 is 0 Å². The summed E-state index contributed by atoms with van der Waals surface area (Å²) in [6, 6.07) is 30.0. The van der Waals surface area contributed by atoms with E-state index in [4.69, 9.17) is 9.97 Å². The molecule has 1 aliphatic rings. The highest BCUT2D eigenvalue weighted by molar-refractivity contribution is 7.21. The maximum Gasteiger partial charge on any atom is 0.143 e. The molecule has 3 heteroatoms. The summed E-state index contributed by atoms with van der Waals surface area (Å²) in [4.78, 5) is 9.98. The van der Waals surface area contributed by atoms with E-state index < -0.39 is 0 Å². The molecule has 3 aromatic carbocycles. The zero-order chi connectivity index (χ0) is 20.3. The molecular formula is C27H20N2S. The molecule has 0 radical (unpaired) electrons. The molecule has 0 amide bonds. The van der Waals surface area contributed by atoms with Gasteiger partial charge in [0.05, 0.1) is 21.6 Å².